The van der Waals surface area contributed by atoms with Gasteiger partial charge in [0.2, 0.25) is 0 Å². The van der Waals surface area contributed by atoms with E-state index in [-0.39, 0.29) is 17.9 Å². The van der Waals surface area contributed by atoms with E-state index in [1.807, 2.05) is 4.90 Å². The molecule has 0 bridgehead atoms. The van der Waals surface area contributed by atoms with Crippen molar-refractivity contribution >= 4 is 11.6 Å². The second-order valence-electron chi connectivity index (χ2n) is 8.39. The van der Waals surface area contributed by atoms with Crippen molar-refractivity contribution in [3.8, 4) is 0 Å². The number of furan rings is 1. The van der Waals surface area contributed by atoms with Gasteiger partial charge in [0.15, 0.2) is 5.76 Å². The molecule has 2 aliphatic rings. The van der Waals surface area contributed by atoms with Gasteiger partial charge < -0.3 is 19.3 Å². The maximum Gasteiger partial charge on any atom is 0.290 e. The van der Waals surface area contributed by atoms with Crippen LogP contribution in [0.1, 0.15) is 68.1 Å². The van der Waals surface area contributed by atoms with E-state index in [0.717, 1.165) is 44.3 Å². The van der Waals surface area contributed by atoms with Crippen molar-refractivity contribution in [2.45, 2.75) is 57.6 Å². The molecule has 1 aromatic carbocycles. The number of amides is 1. The molecule has 29 heavy (non-hydrogen) atoms. The van der Waals surface area contributed by atoms with Crippen LogP contribution in [0, 0.1) is 5.92 Å². The van der Waals surface area contributed by atoms with Crippen LogP contribution in [0.15, 0.2) is 47.1 Å². The lowest BCUT2D eigenvalue weighted by molar-refractivity contribution is -0.115. The van der Waals surface area contributed by atoms with E-state index in [1.165, 1.54) is 5.69 Å². The molecule has 3 atom stereocenters. The first-order valence-electron chi connectivity index (χ1n) is 11.0. The van der Waals surface area contributed by atoms with Gasteiger partial charge >= 0.3 is 0 Å². The lowest BCUT2D eigenvalue weighted by Crippen LogP contribution is -2.56. The molecule has 2 aromatic rings. The first-order chi connectivity index (χ1) is 14.1. The van der Waals surface area contributed by atoms with Gasteiger partial charge in [-0.1, -0.05) is 25.0 Å². The van der Waals surface area contributed by atoms with Crippen LogP contribution in [0.3, 0.4) is 0 Å². The Balaban J connectivity index is 1.70. The van der Waals surface area contributed by atoms with Crippen LogP contribution < -0.4 is 4.90 Å². The lowest BCUT2D eigenvalue weighted by Gasteiger charge is -2.52. The fourth-order valence-corrected chi connectivity index (χ4v) is 5.33. The van der Waals surface area contributed by atoms with Crippen LogP contribution in [0.2, 0.25) is 0 Å². The van der Waals surface area contributed by atoms with Crippen LogP contribution in [-0.2, 0) is 0 Å². The minimum atomic E-state index is -0.680. The number of carbonyl (C=O) groups is 1. The second kappa shape index (κ2) is 8.23. The van der Waals surface area contributed by atoms with E-state index in [0.29, 0.717) is 18.7 Å². The minimum absolute atomic E-state index is 0.0585. The normalized spacial score (nSPS) is 26.8. The van der Waals surface area contributed by atoms with E-state index in [4.69, 9.17) is 4.42 Å². The number of likely N-dealkylation sites (tertiary alicyclic amines) is 1. The van der Waals surface area contributed by atoms with E-state index in [1.54, 1.807) is 18.4 Å². The Bertz CT molecular complexity index is 813. The average molecular weight is 397 g/mol. The van der Waals surface area contributed by atoms with Gasteiger partial charge in [0.1, 0.15) is 0 Å². The highest BCUT2D eigenvalue weighted by atomic mass is 16.3. The first kappa shape index (κ1) is 20.0. The molecule has 1 aliphatic carbocycles. The number of hydrogen-bond acceptors (Lipinski definition) is 4. The van der Waals surface area contributed by atoms with Crippen molar-refractivity contribution in [1.29, 1.82) is 0 Å². The van der Waals surface area contributed by atoms with E-state index in [2.05, 4.69) is 43.0 Å². The Labute approximate surface area is 173 Å². The van der Waals surface area contributed by atoms with Gasteiger partial charge in [0.25, 0.3) is 5.91 Å². The summed E-state index contributed by atoms with van der Waals surface area (Å²) in [5.74, 6) is 0.347. The molecule has 1 saturated carbocycles. The number of anilines is 1. The zero-order valence-electron chi connectivity index (χ0n) is 17.5. The number of carbonyl (C=O) groups excluding carboxylic acids is 1. The van der Waals surface area contributed by atoms with Gasteiger partial charge in [-0.3, -0.25) is 4.79 Å². The third-order valence-electron chi connectivity index (χ3n) is 6.92. The van der Waals surface area contributed by atoms with Crippen molar-refractivity contribution in [2.75, 3.05) is 24.5 Å². The third kappa shape index (κ3) is 3.68. The smallest absolute Gasteiger partial charge is 0.290 e. The van der Waals surface area contributed by atoms with Crippen molar-refractivity contribution in [3.63, 3.8) is 0 Å². The summed E-state index contributed by atoms with van der Waals surface area (Å²) in [6, 6.07) is 11.9. The van der Waals surface area contributed by atoms with Crippen molar-refractivity contribution < 1.29 is 14.3 Å². The third-order valence-corrected chi connectivity index (χ3v) is 6.92. The van der Waals surface area contributed by atoms with Crippen molar-refractivity contribution in [2.24, 2.45) is 5.92 Å². The standard InChI is InChI=1S/C24H32N2O3/c1-3-25(4-2)19-12-10-18(11-13-19)22-20-8-5-6-14-24(20,28)15-16-26(22)23(27)21-9-7-17-29-21/h7,9-13,17,20,22,28H,3-6,8,14-16H2,1-2H3/t20-,22+,24+/m1/s1. The van der Waals surface area contributed by atoms with Gasteiger partial charge in [-0.15, -0.1) is 0 Å². The van der Waals surface area contributed by atoms with Crippen LogP contribution in [0.25, 0.3) is 0 Å². The van der Waals surface area contributed by atoms with Crippen molar-refractivity contribution in [1.82, 2.24) is 4.90 Å². The number of piperidine rings is 1. The predicted molar refractivity (Wildman–Crippen MR) is 114 cm³/mol. The second-order valence-corrected chi connectivity index (χ2v) is 8.39. The van der Waals surface area contributed by atoms with Gasteiger partial charge in [-0.2, -0.15) is 0 Å². The van der Waals surface area contributed by atoms with Crippen LogP contribution in [-0.4, -0.2) is 41.1 Å². The number of nitrogens with zero attached hydrogens (tertiary/aromatic N) is 2. The van der Waals surface area contributed by atoms with Crippen LogP contribution in [0.4, 0.5) is 5.69 Å². The van der Waals surface area contributed by atoms with E-state index >= 15 is 0 Å². The maximum absolute atomic E-state index is 13.2. The van der Waals surface area contributed by atoms with E-state index < -0.39 is 5.60 Å². The van der Waals surface area contributed by atoms with Crippen molar-refractivity contribution in [3.05, 3.63) is 54.0 Å². The Kier molecular flexibility index (Phi) is 5.68. The quantitative estimate of drug-likeness (QED) is 0.800. The molecule has 5 nitrogen and oxygen atoms in total. The largest absolute Gasteiger partial charge is 0.459 e. The SMILES string of the molecule is CCN(CC)c1ccc([C@H]2[C@H]3CCCC[C@]3(O)CCN2C(=O)c2ccco2)cc1. The highest BCUT2D eigenvalue weighted by Gasteiger charge is 2.50. The molecular weight excluding hydrogens is 364 g/mol. The van der Waals surface area contributed by atoms with Gasteiger partial charge in [0.05, 0.1) is 17.9 Å². The topological polar surface area (TPSA) is 56.9 Å². The predicted octanol–water partition coefficient (Wildman–Crippen LogP) is 4.63. The zero-order valence-corrected chi connectivity index (χ0v) is 17.5. The summed E-state index contributed by atoms with van der Waals surface area (Å²) in [6.07, 6.45) is 6.12. The fraction of sp³-hybridized carbons (Fsp3) is 0.542. The molecule has 156 valence electrons. The fourth-order valence-electron chi connectivity index (χ4n) is 5.33. The Morgan fingerprint density at radius 2 is 1.93 bits per heavy atom. The maximum atomic E-state index is 13.2. The summed E-state index contributed by atoms with van der Waals surface area (Å²) in [5.41, 5.74) is 1.61. The number of rotatable bonds is 5. The number of fused-ring (bicyclic) bond motifs is 1. The highest BCUT2D eigenvalue weighted by molar-refractivity contribution is 5.92. The highest BCUT2D eigenvalue weighted by Crippen LogP contribution is 2.49. The average Bonchev–Trinajstić information content (AvgIpc) is 3.28. The summed E-state index contributed by atoms with van der Waals surface area (Å²) < 4.78 is 5.41. The summed E-state index contributed by atoms with van der Waals surface area (Å²) in [5, 5.41) is 11.4. The summed E-state index contributed by atoms with van der Waals surface area (Å²) in [6.45, 7) is 6.79. The molecule has 2 fully saturated rings. The van der Waals surface area contributed by atoms with Gasteiger partial charge in [0, 0.05) is 31.2 Å². The molecule has 1 aromatic heterocycles. The molecular formula is C24H32N2O3. The van der Waals surface area contributed by atoms with Crippen LogP contribution in [0.5, 0.6) is 0 Å². The summed E-state index contributed by atoms with van der Waals surface area (Å²) in [7, 11) is 0. The molecule has 0 unspecified atom stereocenters. The molecule has 0 radical (unpaired) electrons. The lowest BCUT2D eigenvalue weighted by atomic mass is 9.66. The molecule has 2 heterocycles. The Morgan fingerprint density at radius 1 is 1.17 bits per heavy atom. The zero-order chi connectivity index (χ0) is 20.4. The summed E-state index contributed by atoms with van der Waals surface area (Å²) in [4.78, 5) is 17.5. The molecule has 1 N–H and O–H groups in total. The van der Waals surface area contributed by atoms with Gasteiger partial charge in [-0.25, -0.2) is 0 Å². The monoisotopic (exact) mass is 396 g/mol. The molecule has 5 heteroatoms. The molecule has 1 saturated heterocycles. The number of hydrogen-bond donors (Lipinski definition) is 1. The van der Waals surface area contributed by atoms with E-state index in [9.17, 15) is 9.90 Å². The molecule has 1 aliphatic heterocycles. The molecule has 0 spiro atoms. The molecule has 4 rings (SSSR count). The number of benzene rings is 1. The Hall–Kier alpha value is -2.27. The first-order valence-corrected chi connectivity index (χ1v) is 11.0. The Morgan fingerprint density at radius 3 is 2.59 bits per heavy atom. The van der Waals surface area contributed by atoms with Crippen LogP contribution >= 0.6 is 0 Å². The molecule has 1 amide bonds. The minimum Gasteiger partial charge on any atom is -0.459 e. The van der Waals surface area contributed by atoms with Gasteiger partial charge in [-0.05, 0) is 62.9 Å². The summed E-state index contributed by atoms with van der Waals surface area (Å²) >= 11 is 0. The number of aliphatic hydroxyl groups is 1.